The second-order valence-electron chi connectivity index (χ2n) is 3.10. The van der Waals surface area contributed by atoms with Crippen LogP contribution in [0.4, 0.5) is 0 Å². The second kappa shape index (κ2) is 3.59. The van der Waals surface area contributed by atoms with Crippen LogP contribution in [0.1, 0.15) is 11.1 Å². The Morgan fingerprint density at radius 2 is 2.36 bits per heavy atom. The summed E-state index contributed by atoms with van der Waals surface area (Å²) in [5.74, 6) is 0.712. The largest absolute Gasteiger partial charge is 0.462 e. The molecule has 14 heavy (non-hydrogen) atoms. The number of aromatic nitrogens is 2. The molecule has 2 rings (SSSR count). The van der Waals surface area contributed by atoms with Crippen molar-refractivity contribution in [3.8, 4) is 11.5 Å². The van der Waals surface area contributed by atoms with Crippen LogP contribution >= 0.6 is 0 Å². The van der Waals surface area contributed by atoms with Gasteiger partial charge in [-0.1, -0.05) is 0 Å². The predicted molar refractivity (Wildman–Crippen MR) is 52.4 cm³/mol. The minimum absolute atomic E-state index is 0.446. The lowest BCUT2D eigenvalue weighted by atomic mass is 10.2. The number of furan rings is 1. The summed E-state index contributed by atoms with van der Waals surface area (Å²) in [6.45, 7) is 2.41. The maximum Gasteiger partial charge on any atom is 0.158 e. The van der Waals surface area contributed by atoms with Gasteiger partial charge in [0.1, 0.15) is 5.69 Å². The Morgan fingerprint density at radius 1 is 1.50 bits per heavy atom. The molecular weight excluding hydrogens is 178 g/mol. The topological polar surface area (TPSA) is 64.9 Å². The van der Waals surface area contributed by atoms with Gasteiger partial charge in [0.2, 0.25) is 0 Å². The van der Waals surface area contributed by atoms with Gasteiger partial charge in [0.15, 0.2) is 5.76 Å². The van der Waals surface area contributed by atoms with Crippen LogP contribution in [0.15, 0.2) is 29.0 Å². The van der Waals surface area contributed by atoms with Gasteiger partial charge in [0.05, 0.1) is 12.5 Å². The summed E-state index contributed by atoms with van der Waals surface area (Å²) < 4.78 is 5.31. The third-order valence-electron chi connectivity index (χ3n) is 1.99. The first-order chi connectivity index (χ1) is 6.81. The van der Waals surface area contributed by atoms with Gasteiger partial charge in [-0.05, 0) is 24.6 Å². The molecule has 0 atom stereocenters. The Kier molecular flexibility index (Phi) is 2.28. The standard InChI is InChI=1S/C10H11N3O/c1-7-4-9(13-12-6-7)10-8(5-11)2-3-14-10/h2-4,6H,5,11H2,1H3. The monoisotopic (exact) mass is 189 g/mol. The molecule has 0 aliphatic heterocycles. The molecule has 2 N–H and O–H groups in total. The van der Waals surface area contributed by atoms with Crippen LogP contribution in [-0.4, -0.2) is 10.2 Å². The molecule has 2 aromatic heterocycles. The summed E-state index contributed by atoms with van der Waals surface area (Å²) in [4.78, 5) is 0. The smallest absolute Gasteiger partial charge is 0.158 e. The highest BCUT2D eigenvalue weighted by atomic mass is 16.3. The van der Waals surface area contributed by atoms with Crippen LogP contribution in [0, 0.1) is 6.92 Å². The minimum Gasteiger partial charge on any atom is -0.462 e. The number of nitrogens with two attached hydrogens (primary N) is 1. The van der Waals surface area contributed by atoms with E-state index in [1.54, 1.807) is 12.5 Å². The third kappa shape index (κ3) is 1.52. The highest BCUT2D eigenvalue weighted by Gasteiger charge is 2.09. The lowest BCUT2D eigenvalue weighted by Gasteiger charge is -1.99. The van der Waals surface area contributed by atoms with Gasteiger partial charge in [-0.15, -0.1) is 5.10 Å². The van der Waals surface area contributed by atoms with Crippen molar-refractivity contribution < 1.29 is 4.42 Å². The van der Waals surface area contributed by atoms with E-state index in [9.17, 15) is 0 Å². The molecule has 4 nitrogen and oxygen atoms in total. The molecule has 2 heterocycles. The normalized spacial score (nSPS) is 10.4. The van der Waals surface area contributed by atoms with Gasteiger partial charge in [-0.25, -0.2) is 0 Å². The predicted octanol–water partition coefficient (Wildman–Crippen LogP) is 1.50. The van der Waals surface area contributed by atoms with E-state index >= 15 is 0 Å². The molecule has 0 radical (unpaired) electrons. The molecule has 72 valence electrons. The van der Waals surface area contributed by atoms with Crippen molar-refractivity contribution in [3.05, 3.63) is 35.7 Å². The fourth-order valence-electron chi connectivity index (χ4n) is 1.30. The molecule has 0 bridgehead atoms. The lowest BCUT2D eigenvalue weighted by Crippen LogP contribution is -1.97. The number of aryl methyl sites for hydroxylation is 1. The van der Waals surface area contributed by atoms with Crippen LogP contribution in [0.3, 0.4) is 0 Å². The number of hydrogen-bond acceptors (Lipinski definition) is 4. The molecule has 0 fully saturated rings. The molecule has 0 amide bonds. The van der Waals surface area contributed by atoms with Crippen molar-refractivity contribution in [2.24, 2.45) is 5.73 Å². The minimum atomic E-state index is 0.446. The first-order valence-corrected chi connectivity index (χ1v) is 4.37. The number of nitrogens with zero attached hydrogens (tertiary/aromatic N) is 2. The molecule has 2 aromatic rings. The first kappa shape index (κ1) is 8.90. The van der Waals surface area contributed by atoms with Crippen LogP contribution in [0.25, 0.3) is 11.5 Å². The summed E-state index contributed by atoms with van der Waals surface area (Å²) >= 11 is 0. The quantitative estimate of drug-likeness (QED) is 0.777. The van der Waals surface area contributed by atoms with E-state index < -0.39 is 0 Å². The van der Waals surface area contributed by atoms with Crippen LogP contribution in [-0.2, 0) is 6.54 Å². The van der Waals surface area contributed by atoms with Crippen molar-refractivity contribution in [1.29, 1.82) is 0 Å². The van der Waals surface area contributed by atoms with E-state index in [2.05, 4.69) is 10.2 Å². The summed E-state index contributed by atoms with van der Waals surface area (Å²) in [5.41, 5.74) is 8.29. The van der Waals surface area contributed by atoms with Crippen LogP contribution in [0.2, 0.25) is 0 Å². The van der Waals surface area contributed by atoms with E-state index in [1.165, 1.54) is 0 Å². The van der Waals surface area contributed by atoms with Crippen molar-refractivity contribution >= 4 is 0 Å². The zero-order chi connectivity index (χ0) is 9.97. The fourth-order valence-corrected chi connectivity index (χ4v) is 1.30. The maximum absolute atomic E-state index is 5.56. The molecule has 0 saturated heterocycles. The summed E-state index contributed by atoms with van der Waals surface area (Å²) in [5, 5.41) is 7.86. The first-order valence-electron chi connectivity index (χ1n) is 4.37. The second-order valence-corrected chi connectivity index (χ2v) is 3.10. The third-order valence-corrected chi connectivity index (χ3v) is 1.99. The number of hydrogen-bond donors (Lipinski definition) is 1. The molecular formula is C10H11N3O. The van der Waals surface area contributed by atoms with Gasteiger partial charge in [0.25, 0.3) is 0 Å². The average molecular weight is 189 g/mol. The van der Waals surface area contributed by atoms with Gasteiger partial charge in [-0.2, -0.15) is 5.10 Å². The van der Waals surface area contributed by atoms with Crippen molar-refractivity contribution in [2.75, 3.05) is 0 Å². The average Bonchev–Trinajstić information content (AvgIpc) is 2.65. The van der Waals surface area contributed by atoms with Crippen LogP contribution in [0.5, 0.6) is 0 Å². The van der Waals surface area contributed by atoms with E-state index in [0.29, 0.717) is 12.3 Å². The SMILES string of the molecule is Cc1cnnc(-c2occc2CN)c1. The van der Waals surface area contributed by atoms with Gasteiger partial charge in [-0.3, -0.25) is 0 Å². The summed E-state index contributed by atoms with van der Waals surface area (Å²) in [6, 6.07) is 3.77. The Bertz CT molecular complexity index is 436. The van der Waals surface area contributed by atoms with Crippen molar-refractivity contribution in [2.45, 2.75) is 13.5 Å². The molecule has 0 aliphatic carbocycles. The van der Waals surface area contributed by atoms with E-state index in [4.69, 9.17) is 10.2 Å². The Hall–Kier alpha value is -1.68. The Labute approximate surface area is 81.8 Å². The molecule has 0 unspecified atom stereocenters. The Morgan fingerprint density at radius 3 is 3.07 bits per heavy atom. The van der Waals surface area contributed by atoms with E-state index in [1.807, 2.05) is 19.1 Å². The summed E-state index contributed by atoms with van der Waals surface area (Å²) in [7, 11) is 0. The van der Waals surface area contributed by atoms with Gasteiger partial charge >= 0.3 is 0 Å². The molecule has 0 aromatic carbocycles. The Balaban J connectivity index is 2.49. The van der Waals surface area contributed by atoms with Crippen molar-refractivity contribution in [1.82, 2.24) is 10.2 Å². The highest BCUT2D eigenvalue weighted by molar-refractivity contribution is 5.56. The maximum atomic E-state index is 5.56. The molecule has 0 saturated carbocycles. The molecule has 4 heteroatoms. The van der Waals surface area contributed by atoms with E-state index in [0.717, 1.165) is 16.8 Å². The van der Waals surface area contributed by atoms with Crippen LogP contribution < -0.4 is 5.73 Å². The number of rotatable bonds is 2. The zero-order valence-corrected chi connectivity index (χ0v) is 7.90. The summed E-state index contributed by atoms with van der Waals surface area (Å²) in [6.07, 6.45) is 3.32. The molecule has 0 aliphatic rings. The van der Waals surface area contributed by atoms with Gasteiger partial charge in [0, 0.05) is 12.1 Å². The zero-order valence-electron chi connectivity index (χ0n) is 7.90. The highest BCUT2D eigenvalue weighted by Crippen LogP contribution is 2.22. The van der Waals surface area contributed by atoms with Gasteiger partial charge < -0.3 is 10.2 Å². The molecule has 0 spiro atoms. The van der Waals surface area contributed by atoms with E-state index in [-0.39, 0.29) is 0 Å². The fraction of sp³-hybridized carbons (Fsp3) is 0.200. The lowest BCUT2D eigenvalue weighted by molar-refractivity contribution is 0.576. The van der Waals surface area contributed by atoms with Crippen molar-refractivity contribution in [3.63, 3.8) is 0 Å².